The van der Waals surface area contributed by atoms with Gasteiger partial charge in [0.25, 0.3) is 0 Å². The van der Waals surface area contributed by atoms with Crippen LogP contribution in [0.5, 0.6) is 0 Å². The summed E-state index contributed by atoms with van der Waals surface area (Å²) < 4.78 is 0. The Morgan fingerprint density at radius 3 is 2.69 bits per heavy atom. The largest absolute Gasteiger partial charge is 0.392 e. The summed E-state index contributed by atoms with van der Waals surface area (Å²) in [5.41, 5.74) is 4.56. The lowest BCUT2D eigenvalue weighted by Crippen LogP contribution is -2.27. The van der Waals surface area contributed by atoms with Crippen molar-refractivity contribution in [2.75, 3.05) is 6.61 Å². The third kappa shape index (κ3) is 2.10. The van der Waals surface area contributed by atoms with Crippen LogP contribution in [0.25, 0.3) is 0 Å². The average molecular weight is 220 g/mol. The number of fused-ring (bicyclic) bond motifs is 1. The molecule has 0 unspecified atom stereocenters. The SMILES string of the molecule is CC1=C2CCC(CO)=C[C@H]2[C@H](C(C)C)CC1. The van der Waals surface area contributed by atoms with Gasteiger partial charge in [0.15, 0.2) is 0 Å². The normalized spacial score (nSPS) is 30.4. The highest BCUT2D eigenvalue weighted by Gasteiger charge is 2.32. The maximum absolute atomic E-state index is 9.29. The van der Waals surface area contributed by atoms with Crippen LogP contribution in [-0.4, -0.2) is 11.7 Å². The van der Waals surface area contributed by atoms with Gasteiger partial charge in [-0.2, -0.15) is 0 Å². The van der Waals surface area contributed by atoms with Crippen molar-refractivity contribution in [1.82, 2.24) is 0 Å². The molecule has 2 atom stereocenters. The molecule has 0 heterocycles. The minimum absolute atomic E-state index is 0.258. The molecular formula is C15H24O. The Hall–Kier alpha value is -0.560. The summed E-state index contributed by atoms with van der Waals surface area (Å²) in [4.78, 5) is 0. The van der Waals surface area contributed by atoms with E-state index in [2.05, 4.69) is 26.8 Å². The van der Waals surface area contributed by atoms with Gasteiger partial charge in [-0.1, -0.05) is 31.1 Å². The molecule has 0 spiro atoms. The molecule has 0 aromatic heterocycles. The van der Waals surface area contributed by atoms with Gasteiger partial charge < -0.3 is 5.11 Å². The van der Waals surface area contributed by atoms with Crippen molar-refractivity contribution in [1.29, 1.82) is 0 Å². The lowest BCUT2D eigenvalue weighted by atomic mass is 9.67. The Balaban J connectivity index is 2.31. The van der Waals surface area contributed by atoms with Crippen molar-refractivity contribution in [3.8, 4) is 0 Å². The quantitative estimate of drug-likeness (QED) is 0.704. The minimum atomic E-state index is 0.258. The fourth-order valence-electron chi connectivity index (χ4n) is 3.38. The summed E-state index contributed by atoms with van der Waals surface area (Å²) >= 11 is 0. The van der Waals surface area contributed by atoms with Gasteiger partial charge in [-0.15, -0.1) is 0 Å². The smallest absolute Gasteiger partial charge is 0.0642 e. The van der Waals surface area contributed by atoms with E-state index >= 15 is 0 Å². The molecule has 0 aromatic carbocycles. The first kappa shape index (κ1) is 11.9. The van der Waals surface area contributed by atoms with Crippen LogP contribution in [0.2, 0.25) is 0 Å². The van der Waals surface area contributed by atoms with E-state index in [1.165, 1.54) is 24.8 Å². The van der Waals surface area contributed by atoms with Gasteiger partial charge in [0.1, 0.15) is 0 Å². The van der Waals surface area contributed by atoms with Gasteiger partial charge >= 0.3 is 0 Å². The average Bonchev–Trinajstić information content (AvgIpc) is 2.28. The Bertz CT molecular complexity index is 322. The molecule has 1 heteroatoms. The second-order valence-electron chi connectivity index (χ2n) is 5.76. The predicted molar refractivity (Wildman–Crippen MR) is 68.2 cm³/mol. The first-order valence-electron chi connectivity index (χ1n) is 6.62. The fraction of sp³-hybridized carbons (Fsp3) is 0.733. The van der Waals surface area contributed by atoms with Crippen molar-refractivity contribution in [3.63, 3.8) is 0 Å². The maximum Gasteiger partial charge on any atom is 0.0642 e. The Morgan fingerprint density at radius 2 is 2.06 bits per heavy atom. The highest BCUT2D eigenvalue weighted by molar-refractivity contribution is 5.30. The second kappa shape index (κ2) is 4.75. The van der Waals surface area contributed by atoms with E-state index in [0.717, 1.165) is 18.3 Å². The van der Waals surface area contributed by atoms with Crippen molar-refractivity contribution in [3.05, 3.63) is 22.8 Å². The standard InChI is InChI=1S/C15H24O/c1-10(2)13-6-4-11(3)14-7-5-12(9-16)8-15(13)14/h8,10,13,15-16H,4-7,9H2,1-3H3/t13-,15-/m0/s1. The molecule has 0 bridgehead atoms. The van der Waals surface area contributed by atoms with E-state index in [0.29, 0.717) is 5.92 Å². The van der Waals surface area contributed by atoms with Crippen LogP contribution in [0.15, 0.2) is 22.8 Å². The lowest BCUT2D eigenvalue weighted by molar-refractivity contribution is 0.268. The summed E-state index contributed by atoms with van der Waals surface area (Å²) in [7, 11) is 0. The van der Waals surface area contributed by atoms with Crippen LogP contribution in [0.4, 0.5) is 0 Å². The van der Waals surface area contributed by atoms with E-state index in [-0.39, 0.29) is 6.61 Å². The van der Waals surface area contributed by atoms with E-state index in [1.54, 1.807) is 11.1 Å². The molecule has 16 heavy (non-hydrogen) atoms. The van der Waals surface area contributed by atoms with Gasteiger partial charge in [-0.05, 0) is 50.0 Å². The van der Waals surface area contributed by atoms with Gasteiger partial charge in [0.05, 0.1) is 6.61 Å². The van der Waals surface area contributed by atoms with Crippen LogP contribution in [0, 0.1) is 17.8 Å². The van der Waals surface area contributed by atoms with E-state index in [9.17, 15) is 5.11 Å². The lowest BCUT2D eigenvalue weighted by Gasteiger charge is -2.38. The zero-order chi connectivity index (χ0) is 11.7. The van der Waals surface area contributed by atoms with Crippen LogP contribution in [0.3, 0.4) is 0 Å². The Labute approximate surface area is 99.3 Å². The summed E-state index contributed by atoms with van der Waals surface area (Å²) in [6, 6.07) is 0. The summed E-state index contributed by atoms with van der Waals surface area (Å²) in [6.07, 6.45) is 7.24. The molecule has 0 saturated heterocycles. The molecule has 0 radical (unpaired) electrons. The highest BCUT2D eigenvalue weighted by Crippen LogP contribution is 2.44. The van der Waals surface area contributed by atoms with Crippen LogP contribution in [-0.2, 0) is 0 Å². The fourth-order valence-corrected chi connectivity index (χ4v) is 3.38. The first-order chi connectivity index (χ1) is 7.63. The molecule has 0 aliphatic heterocycles. The third-order valence-electron chi connectivity index (χ3n) is 4.45. The molecule has 2 rings (SSSR count). The minimum Gasteiger partial charge on any atom is -0.392 e. The molecule has 2 aliphatic carbocycles. The third-order valence-corrected chi connectivity index (χ3v) is 4.45. The molecular weight excluding hydrogens is 196 g/mol. The predicted octanol–water partition coefficient (Wildman–Crippen LogP) is 3.70. The zero-order valence-electron chi connectivity index (χ0n) is 10.8. The number of aliphatic hydroxyl groups is 1. The Kier molecular flexibility index (Phi) is 3.53. The zero-order valence-corrected chi connectivity index (χ0v) is 10.8. The van der Waals surface area contributed by atoms with Crippen molar-refractivity contribution in [2.24, 2.45) is 17.8 Å². The number of allylic oxidation sites excluding steroid dienone is 3. The number of aliphatic hydroxyl groups excluding tert-OH is 1. The molecule has 0 aromatic rings. The van der Waals surface area contributed by atoms with Crippen LogP contribution < -0.4 is 0 Å². The molecule has 2 aliphatic rings. The van der Waals surface area contributed by atoms with E-state index in [4.69, 9.17) is 0 Å². The summed E-state index contributed by atoms with van der Waals surface area (Å²) in [5.74, 6) is 2.17. The van der Waals surface area contributed by atoms with Crippen molar-refractivity contribution in [2.45, 2.75) is 46.5 Å². The first-order valence-corrected chi connectivity index (χ1v) is 6.62. The van der Waals surface area contributed by atoms with Gasteiger partial charge in [0.2, 0.25) is 0 Å². The molecule has 90 valence electrons. The second-order valence-corrected chi connectivity index (χ2v) is 5.76. The number of hydrogen-bond donors (Lipinski definition) is 1. The molecule has 1 nitrogen and oxygen atoms in total. The number of rotatable bonds is 2. The molecule has 0 amide bonds. The summed E-state index contributed by atoms with van der Waals surface area (Å²) in [6.45, 7) is 7.23. The van der Waals surface area contributed by atoms with Gasteiger partial charge in [-0.3, -0.25) is 0 Å². The van der Waals surface area contributed by atoms with Crippen molar-refractivity contribution >= 4 is 0 Å². The van der Waals surface area contributed by atoms with E-state index in [1.807, 2.05) is 0 Å². The van der Waals surface area contributed by atoms with Crippen LogP contribution in [0.1, 0.15) is 46.5 Å². The molecule has 0 fully saturated rings. The highest BCUT2D eigenvalue weighted by atomic mass is 16.3. The number of hydrogen-bond acceptors (Lipinski definition) is 1. The monoisotopic (exact) mass is 220 g/mol. The van der Waals surface area contributed by atoms with E-state index < -0.39 is 0 Å². The van der Waals surface area contributed by atoms with Gasteiger partial charge in [-0.25, -0.2) is 0 Å². The van der Waals surface area contributed by atoms with Crippen molar-refractivity contribution < 1.29 is 5.11 Å². The molecule has 1 N–H and O–H groups in total. The topological polar surface area (TPSA) is 20.2 Å². The Morgan fingerprint density at radius 1 is 1.31 bits per heavy atom. The molecule has 0 saturated carbocycles. The van der Waals surface area contributed by atoms with Crippen LogP contribution >= 0.6 is 0 Å². The summed E-state index contributed by atoms with van der Waals surface area (Å²) in [5, 5.41) is 9.29. The maximum atomic E-state index is 9.29. The van der Waals surface area contributed by atoms with Gasteiger partial charge in [0, 0.05) is 5.92 Å².